The van der Waals surface area contributed by atoms with Gasteiger partial charge in [0.05, 0.1) is 12.7 Å². The minimum Gasteiger partial charge on any atom is -0.391 e. The molecule has 4 bridgehead atoms. The smallest absolute Gasteiger partial charge is 0.108 e. The Morgan fingerprint density at radius 3 is 1.74 bits per heavy atom. The molecule has 0 amide bonds. The molecule has 2 aromatic carbocycles. The number of benzene rings is 2. The molecule has 1 unspecified atom stereocenters. The molecular formula is C31H42N2O2. The van der Waals surface area contributed by atoms with Crippen LogP contribution in [0.25, 0.3) is 0 Å². The molecule has 5 fully saturated rings. The van der Waals surface area contributed by atoms with Crippen molar-refractivity contribution in [3.05, 3.63) is 71.8 Å². The number of rotatable bonds is 9. The van der Waals surface area contributed by atoms with Crippen molar-refractivity contribution >= 4 is 0 Å². The SMILES string of the molecule is OC(CN1CCN(CCOC(c2ccccc2)c2ccccc2)CC1)C12CC3CC(CC(C3)C1)C2. The van der Waals surface area contributed by atoms with Crippen molar-refractivity contribution in [1.82, 2.24) is 9.80 Å². The first-order valence-corrected chi connectivity index (χ1v) is 14.0. The van der Waals surface area contributed by atoms with Gasteiger partial charge in [-0.1, -0.05) is 60.7 Å². The Morgan fingerprint density at radius 1 is 0.743 bits per heavy atom. The van der Waals surface area contributed by atoms with E-state index in [2.05, 4.69) is 70.5 Å². The first kappa shape index (κ1) is 23.7. The largest absolute Gasteiger partial charge is 0.391 e. The van der Waals surface area contributed by atoms with E-state index in [1.165, 1.54) is 49.7 Å². The number of ether oxygens (including phenoxy) is 1. The van der Waals surface area contributed by atoms with E-state index in [-0.39, 0.29) is 17.6 Å². The van der Waals surface area contributed by atoms with E-state index >= 15 is 0 Å². The minimum atomic E-state index is -0.136. The van der Waals surface area contributed by atoms with Gasteiger partial charge in [-0.25, -0.2) is 0 Å². The number of nitrogens with zero attached hydrogens (tertiary/aromatic N) is 2. The molecule has 1 atom stereocenters. The summed E-state index contributed by atoms with van der Waals surface area (Å²) in [5.41, 5.74) is 2.66. The van der Waals surface area contributed by atoms with Gasteiger partial charge in [0.1, 0.15) is 6.10 Å². The normalized spacial score (nSPS) is 31.8. The summed E-state index contributed by atoms with van der Waals surface area (Å²) >= 11 is 0. The third-order valence-electron chi connectivity index (χ3n) is 9.59. The van der Waals surface area contributed by atoms with Crippen LogP contribution in [0, 0.1) is 23.2 Å². The molecule has 1 N–H and O–H groups in total. The molecule has 7 rings (SSSR count). The topological polar surface area (TPSA) is 35.9 Å². The molecule has 4 saturated carbocycles. The Morgan fingerprint density at radius 2 is 1.23 bits per heavy atom. The number of hydrogen-bond donors (Lipinski definition) is 1. The third-order valence-corrected chi connectivity index (χ3v) is 9.59. The fourth-order valence-corrected chi connectivity index (χ4v) is 8.16. The minimum absolute atomic E-state index is 0.0193. The lowest BCUT2D eigenvalue weighted by Crippen LogP contribution is -2.56. The number of aliphatic hydroxyl groups is 1. The second-order valence-corrected chi connectivity index (χ2v) is 12.0. The van der Waals surface area contributed by atoms with Crippen molar-refractivity contribution < 1.29 is 9.84 Å². The molecule has 0 aromatic heterocycles. The van der Waals surface area contributed by atoms with Crippen molar-refractivity contribution in [3.63, 3.8) is 0 Å². The molecule has 1 saturated heterocycles. The summed E-state index contributed by atoms with van der Waals surface area (Å²) in [6.45, 7) is 6.82. The molecule has 4 aliphatic carbocycles. The van der Waals surface area contributed by atoms with Crippen LogP contribution < -0.4 is 0 Å². The molecule has 5 aliphatic rings. The average molecular weight is 475 g/mol. The third kappa shape index (κ3) is 5.22. The van der Waals surface area contributed by atoms with Crippen LogP contribution in [-0.4, -0.2) is 66.9 Å². The first-order valence-electron chi connectivity index (χ1n) is 14.0. The van der Waals surface area contributed by atoms with E-state index in [4.69, 9.17) is 4.74 Å². The Labute approximate surface area is 211 Å². The number of aliphatic hydroxyl groups excluding tert-OH is 1. The summed E-state index contributed by atoms with van der Waals surface area (Å²) < 4.78 is 6.45. The highest BCUT2D eigenvalue weighted by Crippen LogP contribution is 2.61. The standard InChI is InChI=1S/C31H42N2O2/c34-29(31-20-24-17-25(21-31)19-26(18-24)22-31)23-33-13-11-32(12-14-33)15-16-35-30(27-7-3-1-4-8-27)28-9-5-2-6-10-28/h1-10,24-26,29-30,34H,11-23H2. The van der Waals surface area contributed by atoms with E-state index < -0.39 is 0 Å². The maximum absolute atomic E-state index is 11.4. The van der Waals surface area contributed by atoms with Gasteiger partial charge in [-0.2, -0.15) is 0 Å². The monoisotopic (exact) mass is 474 g/mol. The van der Waals surface area contributed by atoms with Crippen molar-refractivity contribution in [2.45, 2.75) is 50.7 Å². The molecule has 188 valence electrons. The van der Waals surface area contributed by atoms with Gasteiger partial charge < -0.3 is 9.84 Å². The van der Waals surface area contributed by atoms with Crippen LogP contribution in [-0.2, 0) is 4.74 Å². The lowest BCUT2D eigenvalue weighted by molar-refractivity contribution is -0.128. The van der Waals surface area contributed by atoms with Crippen molar-refractivity contribution in [2.24, 2.45) is 23.2 Å². The predicted octanol–water partition coefficient (Wildman–Crippen LogP) is 4.99. The molecule has 1 aliphatic heterocycles. The van der Waals surface area contributed by atoms with Crippen molar-refractivity contribution in [1.29, 1.82) is 0 Å². The van der Waals surface area contributed by atoms with Gasteiger partial charge >= 0.3 is 0 Å². The summed E-state index contributed by atoms with van der Waals surface area (Å²) in [6.07, 6.45) is 8.06. The van der Waals surface area contributed by atoms with Crippen LogP contribution >= 0.6 is 0 Å². The zero-order valence-electron chi connectivity index (χ0n) is 21.1. The van der Waals surface area contributed by atoms with Gasteiger partial charge in [0, 0.05) is 39.3 Å². The highest BCUT2D eigenvalue weighted by molar-refractivity contribution is 5.29. The van der Waals surface area contributed by atoms with Crippen molar-refractivity contribution in [3.8, 4) is 0 Å². The van der Waals surface area contributed by atoms with Crippen LogP contribution in [0.4, 0.5) is 0 Å². The van der Waals surface area contributed by atoms with Crippen LogP contribution in [0.2, 0.25) is 0 Å². The summed E-state index contributed by atoms with van der Waals surface area (Å²) in [5, 5.41) is 11.4. The fraction of sp³-hybridized carbons (Fsp3) is 0.613. The molecule has 1 heterocycles. The fourth-order valence-electron chi connectivity index (χ4n) is 8.16. The average Bonchev–Trinajstić information content (AvgIpc) is 2.88. The lowest BCUT2D eigenvalue weighted by atomic mass is 9.48. The highest BCUT2D eigenvalue weighted by atomic mass is 16.5. The van der Waals surface area contributed by atoms with E-state index in [0.717, 1.165) is 63.6 Å². The lowest BCUT2D eigenvalue weighted by Gasteiger charge is -2.59. The molecular weight excluding hydrogens is 432 g/mol. The number of piperazine rings is 1. The van der Waals surface area contributed by atoms with E-state index in [1.54, 1.807) is 0 Å². The predicted molar refractivity (Wildman–Crippen MR) is 140 cm³/mol. The van der Waals surface area contributed by atoms with Crippen LogP contribution in [0.3, 0.4) is 0 Å². The molecule has 4 heteroatoms. The highest BCUT2D eigenvalue weighted by Gasteiger charge is 2.54. The zero-order valence-corrected chi connectivity index (χ0v) is 21.1. The first-order chi connectivity index (χ1) is 17.2. The molecule has 0 spiro atoms. The van der Waals surface area contributed by atoms with Crippen molar-refractivity contribution in [2.75, 3.05) is 45.9 Å². The maximum Gasteiger partial charge on any atom is 0.108 e. The summed E-state index contributed by atoms with van der Waals surface area (Å²) in [5.74, 6) is 2.72. The molecule has 35 heavy (non-hydrogen) atoms. The second-order valence-electron chi connectivity index (χ2n) is 12.0. The molecule has 2 aromatic rings. The van der Waals surface area contributed by atoms with Crippen LogP contribution in [0.15, 0.2) is 60.7 Å². The van der Waals surface area contributed by atoms with E-state index in [9.17, 15) is 5.11 Å². The maximum atomic E-state index is 11.4. The van der Waals surface area contributed by atoms with Gasteiger partial charge in [0.2, 0.25) is 0 Å². The summed E-state index contributed by atoms with van der Waals surface area (Å²) in [7, 11) is 0. The second kappa shape index (κ2) is 10.3. The van der Waals surface area contributed by atoms with Gasteiger partial charge in [-0.3, -0.25) is 9.80 Å². The van der Waals surface area contributed by atoms with Gasteiger partial charge in [0.15, 0.2) is 0 Å². The van der Waals surface area contributed by atoms with Gasteiger partial charge in [-0.05, 0) is 72.8 Å². The zero-order chi connectivity index (χ0) is 23.7. The van der Waals surface area contributed by atoms with Gasteiger partial charge in [0.25, 0.3) is 0 Å². The Kier molecular flexibility index (Phi) is 6.99. The van der Waals surface area contributed by atoms with Gasteiger partial charge in [-0.15, -0.1) is 0 Å². The number of β-amino-alcohol motifs (C(OH)–C–C–N with tert-alkyl or cyclic N) is 1. The van der Waals surface area contributed by atoms with E-state index in [1.807, 2.05) is 0 Å². The Bertz CT molecular complexity index is 866. The number of hydrogen-bond acceptors (Lipinski definition) is 4. The molecule has 4 nitrogen and oxygen atoms in total. The van der Waals surface area contributed by atoms with Crippen LogP contribution in [0.1, 0.15) is 55.8 Å². The summed E-state index contributed by atoms with van der Waals surface area (Å²) in [6, 6.07) is 21.1. The Hall–Kier alpha value is -1.72. The summed E-state index contributed by atoms with van der Waals surface area (Å²) in [4.78, 5) is 5.05. The van der Waals surface area contributed by atoms with E-state index in [0.29, 0.717) is 0 Å². The molecule has 0 radical (unpaired) electrons. The Balaban J connectivity index is 0.978. The quantitative estimate of drug-likeness (QED) is 0.556. The van der Waals surface area contributed by atoms with Crippen LogP contribution in [0.5, 0.6) is 0 Å².